The van der Waals surface area contributed by atoms with Gasteiger partial charge in [-0.05, 0) is 11.8 Å². The van der Waals surface area contributed by atoms with Crippen LogP contribution in [0.4, 0.5) is 4.79 Å². The highest BCUT2D eigenvalue weighted by Crippen LogP contribution is 2.07. The Balaban J connectivity index is 2.22. The lowest BCUT2D eigenvalue weighted by Gasteiger charge is -2.28. The van der Waals surface area contributed by atoms with E-state index in [1.807, 2.05) is 4.90 Å². The van der Waals surface area contributed by atoms with Crippen LogP contribution in [0.1, 0.15) is 20.8 Å². The summed E-state index contributed by atoms with van der Waals surface area (Å²) in [7, 11) is 0. The summed E-state index contributed by atoms with van der Waals surface area (Å²) in [6.07, 6.45) is 0. The van der Waals surface area contributed by atoms with E-state index >= 15 is 0 Å². The quantitative estimate of drug-likeness (QED) is 0.770. The molecule has 0 spiro atoms. The monoisotopic (exact) mass is 214 g/mol. The van der Waals surface area contributed by atoms with E-state index in [2.05, 4.69) is 26.1 Å². The molecule has 0 aromatic rings. The zero-order valence-corrected chi connectivity index (χ0v) is 9.95. The summed E-state index contributed by atoms with van der Waals surface area (Å²) in [5.41, 5.74) is 0. The summed E-state index contributed by atoms with van der Waals surface area (Å²) in [5.74, 6) is 1.13. The minimum absolute atomic E-state index is 0.0470. The van der Waals surface area contributed by atoms with Crippen LogP contribution >= 0.6 is 0 Å². The van der Waals surface area contributed by atoms with Gasteiger partial charge in [-0.15, -0.1) is 0 Å². The van der Waals surface area contributed by atoms with Gasteiger partial charge in [0.1, 0.15) is 0 Å². The highest BCUT2D eigenvalue weighted by atomic mass is 16.5. The van der Waals surface area contributed by atoms with E-state index in [-0.39, 0.29) is 6.03 Å². The van der Waals surface area contributed by atoms with E-state index in [4.69, 9.17) is 4.74 Å². The molecule has 1 heterocycles. The summed E-state index contributed by atoms with van der Waals surface area (Å²) in [5, 5.41) is 2.96. The molecule has 1 saturated heterocycles. The van der Waals surface area contributed by atoms with Crippen LogP contribution < -0.4 is 5.32 Å². The molecule has 1 aliphatic rings. The number of ether oxygens (including phenoxy) is 1. The number of amides is 2. The first-order chi connectivity index (χ1) is 7.11. The molecule has 4 nitrogen and oxygen atoms in total. The van der Waals surface area contributed by atoms with Crippen molar-refractivity contribution in [2.75, 3.05) is 32.8 Å². The summed E-state index contributed by atoms with van der Waals surface area (Å²) in [6.45, 7) is 10.00. The van der Waals surface area contributed by atoms with Gasteiger partial charge < -0.3 is 15.0 Å². The molecule has 1 rings (SSSR count). The highest BCUT2D eigenvalue weighted by Gasteiger charge is 2.17. The third-order valence-electron chi connectivity index (χ3n) is 3.01. The van der Waals surface area contributed by atoms with E-state index in [1.165, 1.54) is 0 Å². The average molecular weight is 214 g/mol. The first kappa shape index (κ1) is 12.3. The molecule has 1 N–H and O–H groups in total. The number of hydrogen-bond donors (Lipinski definition) is 1. The van der Waals surface area contributed by atoms with Gasteiger partial charge in [-0.2, -0.15) is 0 Å². The molecule has 1 aliphatic heterocycles. The Morgan fingerprint density at radius 1 is 1.33 bits per heavy atom. The molecule has 0 saturated carbocycles. The van der Waals surface area contributed by atoms with Gasteiger partial charge in [0.25, 0.3) is 0 Å². The maximum Gasteiger partial charge on any atom is 0.317 e. The van der Waals surface area contributed by atoms with E-state index < -0.39 is 0 Å². The van der Waals surface area contributed by atoms with Crippen molar-refractivity contribution in [2.24, 2.45) is 11.8 Å². The number of morpholine rings is 1. The van der Waals surface area contributed by atoms with E-state index in [1.54, 1.807) is 0 Å². The highest BCUT2D eigenvalue weighted by molar-refractivity contribution is 5.74. The lowest BCUT2D eigenvalue weighted by Crippen LogP contribution is -2.47. The summed E-state index contributed by atoms with van der Waals surface area (Å²) < 4.78 is 5.19. The fourth-order valence-electron chi connectivity index (χ4n) is 1.36. The lowest BCUT2D eigenvalue weighted by atomic mass is 9.98. The Kier molecular flexibility index (Phi) is 4.88. The molecule has 4 heteroatoms. The smallest absolute Gasteiger partial charge is 0.317 e. The Labute approximate surface area is 92.0 Å². The molecule has 1 unspecified atom stereocenters. The third kappa shape index (κ3) is 4.08. The minimum Gasteiger partial charge on any atom is -0.378 e. The van der Waals surface area contributed by atoms with Crippen molar-refractivity contribution >= 4 is 6.03 Å². The molecular weight excluding hydrogens is 192 g/mol. The van der Waals surface area contributed by atoms with Gasteiger partial charge in [-0.25, -0.2) is 4.79 Å². The van der Waals surface area contributed by atoms with Crippen molar-refractivity contribution in [3.8, 4) is 0 Å². The summed E-state index contributed by atoms with van der Waals surface area (Å²) in [4.78, 5) is 13.5. The summed E-state index contributed by atoms with van der Waals surface area (Å²) in [6, 6.07) is 0.0470. The van der Waals surface area contributed by atoms with Gasteiger partial charge in [0.2, 0.25) is 0 Å². The van der Waals surface area contributed by atoms with Gasteiger partial charge in [-0.1, -0.05) is 20.8 Å². The molecule has 1 fully saturated rings. The van der Waals surface area contributed by atoms with Crippen LogP contribution in [0.5, 0.6) is 0 Å². The molecule has 0 aliphatic carbocycles. The predicted molar refractivity (Wildman–Crippen MR) is 59.8 cm³/mol. The molecule has 0 aromatic carbocycles. The molecular formula is C11H22N2O2. The normalized spacial score (nSPS) is 19.1. The maximum absolute atomic E-state index is 11.7. The zero-order valence-electron chi connectivity index (χ0n) is 9.95. The fourth-order valence-corrected chi connectivity index (χ4v) is 1.36. The second-order valence-corrected chi connectivity index (χ2v) is 4.51. The number of rotatable bonds is 3. The van der Waals surface area contributed by atoms with Crippen molar-refractivity contribution in [1.29, 1.82) is 0 Å². The number of hydrogen-bond acceptors (Lipinski definition) is 2. The van der Waals surface area contributed by atoms with E-state index in [0.717, 1.165) is 6.54 Å². The van der Waals surface area contributed by atoms with Gasteiger partial charge in [0.05, 0.1) is 13.2 Å². The largest absolute Gasteiger partial charge is 0.378 e. The number of carbonyl (C=O) groups excluding carboxylic acids is 1. The van der Waals surface area contributed by atoms with Crippen molar-refractivity contribution in [3.63, 3.8) is 0 Å². The Bertz CT molecular complexity index is 201. The van der Waals surface area contributed by atoms with Crippen LogP contribution in [0, 0.1) is 11.8 Å². The van der Waals surface area contributed by atoms with E-state index in [9.17, 15) is 4.79 Å². The van der Waals surface area contributed by atoms with Crippen LogP contribution in [0.15, 0.2) is 0 Å². The molecule has 0 bridgehead atoms. The first-order valence-corrected chi connectivity index (χ1v) is 5.71. The van der Waals surface area contributed by atoms with Crippen molar-refractivity contribution in [3.05, 3.63) is 0 Å². The zero-order chi connectivity index (χ0) is 11.3. The number of carbonyl (C=O) groups is 1. The van der Waals surface area contributed by atoms with Gasteiger partial charge >= 0.3 is 6.03 Å². The average Bonchev–Trinajstić information content (AvgIpc) is 2.26. The lowest BCUT2D eigenvalue weighted by molar-refractivity contribution is 0.0529. The third-order valence-corrected chi connectivity index (χ3v) is 3.01. The number of nitrogens with zero attached hydrogens (tertiary/aromatic N) is 1. The van der Waals surface area contributed by atoms with Crippen LogP contribution in [0.25, 0.3) is 0 Å². The standard InChI is InChI=1S/C11H22N2O2/c1-9(2)10(3)8-12-11(14)13-4-6-15-7-5-13/h9-10H,4-8H2,1-3H3,(H,12,14). The van der Waals surface area contributed by atoms with Crippen molar-refractivity contribution in [2.45, 2.75) is 20.8 Å². The fraction of sp³-hybridized carbons (Fsp3) is 0.909. The van der Waals surface area contributed by atoms with Crippen LogP contribution in [-0.4, -0.2) is 43.8 Å². The van der Waals surface area contributed by atoms with Gasteiger partial charge in [0.15, 0.2) is 0 Å². The van der Waals surface area contributed by atoms with Gasteiger partial charge in [0, 0.05) is 19.6 Å². The molecule has 0 aromatic heterocycles. The predicted octanol–water partition coefficient (Wildman–Crippen LogP) is 1.32. The second kappa shape index (κ2) is 5.95. The van der Waals surface area contributed by atoms with Gasteiger partial charge in [-0.3, -0.25) is 0 Å². The number of urea groups is 1. The molecule has 15 heavy (non-hydrogen) atoms. The van der Waals surface area contributed by atoms with Crippen LogP contribution in [0.3, 0.4) is 0 Å². The Morgan fingerprint density at radius 3 is 2.47 bits per heavy atom. The SMILES string of the molecule is CC(C)C(C)CNC(=O)N1CCOCC1. The second-order valence-electron chi connectivity index (χ2n) is 4.51. The Hall–Kier alpha value is -0.770. The molecule has 1 atom stereocenters. The topological polar surface area (TPSA) is 41.6 Å². The van der Waals surface area contributed by atoms with Crippen molar-refractivity contribution < 1.29 is 9.53 Å². The van der Waals surface area contributed by atoms with Crippen LogP contribution in [-0.2, 0) is 4.74 Å². The summed E-state index contributed by atoms with van der Waals surface area (Å²) >= 11 is 0. The first-order valence-electron chi connectivity index (χ1n) is 5.71. The van der Waals surface area contributed by atoms with Crippen LogP contribution in [0.2, 0.25) is 0 Å². The van der Waals surface area contributed by atoms with E-state index in [0.29, 0.717) is 38.1 Å². The molecule has 0 radical (unpaired) electrons. The van der Waals surface area contributed by atoms with Crippen molar-refractivity contribution in [1.82, 2.24) is 10.2 Å². The molecule has 2 amide bonds. The Morgan fingerprint density at radius 2 is 1.93 bits per heavy atom. The number of nitrogens with one attached hydrogen (secondary N) is 1. The minimum atomic E-state index is 0.0470. The maximum atomic E-state index is 11.7. The molecule has 88 valence electrons.